The molecule has 3 aromatic heterocycles. The molecule has 0 amide bonds. The number of ether oxygens (including phenoxy) is 1. The van der Waals surface area contributed by atoms with E-state index in [1.165, 1.54) is 11.3 Å². The molecule has 6 nitrogen and oxygen atoms in total. The Bertz CT molecular complexity index is 1340. The average molecular weight is 531 g/mol. The van der Waals surface area contributed by atoms with E-state index in [-0.39, 0.29) is 12.4 Å². The quantitative estimate of drug-likeness (QED) is 0.223. The highest BCUT2D eigenvalue weighted by molar-refractivity contribution is 6.76. The Labute approximate surface area is 219 Å². The van der Waals surface area contributed by atoms with Crippen molar-refractivity contribution in [1.29, 1.82) is 0 Å². The van der Waals surface area contributed by atoms with Gasteiger partial charge in [0.2, 0.25) is 0 Å². The molecule has 0 unspecified atom stereocenters. The van der Waals surface area contributed by atoms with Crippen LogP contribution in [-0.2, 0) is 24.6 Å². The number of aromatic nitrogens is 4. The zero-order chi connectivity index (χ0) is 23.9. The van der Waals surface area contributed by atoms with Crippen molar-refractivity contribution in [3.63, 3.8) is 0 Å². The molecule has 0 saturated heterocycles. The van der Waals surface area contributed by atoms with Crippen LogP contribution in [-0.4, -0.2) is 40.6 Å². The molecule has 1 aliphatic rings. The molecule has 35 heavy (non-hydrogen) atoms. The second kappa shape index (κ2) is 10.4. The van der Waals surface area contributed by atoms with Crippen LogP contribution >= 0.6 is 24.0 Å². The molecule has 9 heteroatoms. The van der Waals surface area contributed by atoms with Crippen molar-refractivity contribution >= 4 is 43.1 Å². The molecule has 0 atom stereocenters. The van der Waals surface area contributed by atoms with E-state index < -0.39 is 8.07 Å². The fourth-order valence-corrected chi connectivity index (χ4v) is 5.62. The maximum absolute atomic E-state index is 6.64. The predicted octanol–water partition coefficient (Wildman–Crippen LogP) is 6.37. The Morgan fingerprint density at radius 1 is 1.14 bits per heavy atom. The SMILES string of the molecule is Cc1cn(COCC[Si](C)(C)C)c2nccc(-c3c(-c4ccccc4Cl)nn4c3CNCC4)c12.Cl. The molecule has 0 spiro atoms. The summed E-state index contributed by atoms with van der Waals surface area (Å²) in [5, 5.41) is 10.4. The Morgan fingerprint density at radius 3 is 2.71 bits per heavy atom. The lowest BCUT2D eigenvalue weighted by atomic mass is 9.96. The number of hydrogen-bond donors (Lipinski definition) is 1. The number of aryl methyl sites for hydroxylation is 1. The van der Waals surface area contributed by atoms with Gasteiger partial charge in [0.25, 0.3) is 0 Å². The van der Waals surface area contributed by atoms with Crippen molar-refractivity contribution in [3.05, 3.63) is 59.0 Å². The van der Waals surface area contributed by atoms with Crippen molar-refractivity contribution in [3.8, 4) is 22.4 Å². The number of pyridine rings is 1. The van der Waals surface area contributed by atoms with Crippen LogP contribution in [0.15, 0.2) is 42.7 Å². The summed E-state index contributed by atoms with van der Waals surface area (Å²) in [5.74, 6) is 0. The van der Waals surface area contributed by atoms with Gasteiger partial charge in [0, 0.05) is 56.7 Å². The third-order valence-electron chi connectivity index (χ3n) is 6.42. The zero-order valence-electron chi connectivity index (χ0n) is 20.8. The van der Waals surface area contributed by atoms with Crippen molar-refractivity contribution < 1.29 is 4.74 Å². The van der Waals surface area contributed by atoms with Gasteiger partial charge in [-0.2, -0.15) is 5.10 Å². The summed E-state index contributed by atoms with van der Waals surface area (Å²) >= 11 is 6.64. The summed E-state index contributed by atoms with van der Waals surface area (Å²) in [5.41, 5.74) is 7.47. The van der Waals surface area contributed by atoms with E-state index in [4.69, 9.17) is 26.4 Å². The van der Waals surface area contributed by atoms with Crippen LogP contribution in [0.4, 0.5) is 0 Å². The fraction of sp³-hybridized carbons (Fsp3) is 0.385. The van der Waals surface area contributed by atoms with Crippen molar-refractivity contribution in [2.45, 2.75) is 52.4 Å². The predicted molar refractivity (Wildman–Crippen MR) is 149 cm³/mol. The minimum atomic E-state index is -1.12. The zero-order valence-corrected chi connectivity index (χ0v) is 23.3. The smallest absolute Gasteiger partial charge is 0.142 e. The lowest BCUT2D eigenvalue weighted by molar-refractivity contribution is 0.0898. The fourth-order valence-electron chi connectivity index (χ4n) is 4.64. The first-order valence-corrected chi connectivity index (χ1v) is 16.0. The van der Waals surface area contributed by atoms with Gasteiger partial charge in [0.05, 0.1) is 17.3 Å². The van der Waals surface area contributed by atoms with E-state index in [0.717, 1.165) is 65.7 Å². The maximum Gasteiger partial charge on any atom is 0.142 e. The summed E-state index contributed by atoms with van der Waals surface area (Å²) in [7, 11) is -1.12. The molecule has 0 fully saturated rings. The van der Waals surface area contributed by atoms with Crippen LogP contribution in [0.3, 0.4) is 0 Å². The summed E-state index contributed by atoms with van der Waals surface area (Å²) < 4.78 is 10.3. The third-order valence-corrected chi connectivity index (χ3v) is 8.46. The van der Waals surface area contributed by atoms with Crippen LogP contribution in [0.5, 0.6) is 0 Å². The Balaban J connectivity index is 0.00000289. The first-order valence-electron chi connectivity index (χ1n) is 11.9. The van der Waals surface area contributed by atoms with Crippen LogP contribution in [0.1, 0.15) is 11.3 Å². The van der Waals surface area contributed by atoms with Gasteiger partial charge < -0.3 is 14.6 Å². The topological polar surface area (TPSA) is 56.9 Å². The Morgan fingerprint density at radius 2 is 1.94 bits per heavy atom. The number of hydrogen-bond acceptors (Lipinski definition) is 4. The van der Waals surface area contributed by atoms with Gasteiger partial charge in [0.15, 0.2) is 0 Å². The molecule has 0 saturated carbocycles. The highest BCUT2D eigenvalue weighted by Crippen LogP contribution is 2.41. The van der Waals surface area contributed by atoms with Crippen molar-refractivity contribution in [1.82, 2.24) is 24.6 Å². The molecule has 0 aliphatic carbocycles. The van der Waals surface area contributed by atoms with Crippen molar-refractivity contribution in [2.75, 3.05) is 13.2 Å². The van der Waals surface area contributed by atoms with E-state index in [9.17, 15) is 0 Å². The molecule has 186 valence electrons. The monoisotopic (exact) mass is 529 g/mol. The van der Waals surface area contributed by atoms with E-state index in [0.29, 0.717) is 11.8 Å². The van der Waals surface area contributed by atoms with E-state index >= 15 is 0 Å². The van der Waals surface area contributed by atoms with Crippen LogP contribution < -0.4 is 5.32 Å². The minimum Gasteiger partial charge on any atom is -0.361 e. The molecule has 4 heterocycles. The Kier molecular flexibility index (Phi) is 7.73. The molecule has 5 rings (SSSR count). The highest BCUT2D eigenvalue weighted by atomic mass is 35.5. The van der Waals surface area contributed by atoms with Gasteiger partial charge in [-0.3, -0.25) is 4.68 Å². The third kappa shape index (κ3) is 5.20. The standard InChI is InChI=1S/C26H32ClN5OSi.ClH/c1-18-16-31(17-33-13-14-34(2,3)4)26-23(18)20(9-10-29-26)24-22-15-28-11-12-32(22)30-25(24)19-7-5-6-8-21(19)27;/h5-10,16,28H,11-15,17H2,1-4H3;1H. The number of benzene rings is 1. The van der Waals surface area contributed by atoms with Gasteiger partial charge in [0.1, 0.15) is 18.1 Å². The number of nitrogens with zero attached hydrogens (tertiary/aromatic N) is 4. The summed E-state index contributed by atoms with van der Waals surface area (Å²) in [4.78, 5) is 4.75. The minimum absolute atomic E-state index is 0. The summed E-state index contributed by atoms with van der Waals surface area (Å²) in [6.45, 7) is 13.1. The molecule has 1 aliphatic heterocycles. The van der Waals surface area contributed by atoms with E-state index in [2.05, 4.69) is 59.5 Å². The lowest BCUT2D eigenvalue weighted by Gasteiger charge is -2.17. The van der Waals surface area contributed by atoms with Crippen molar-refractivity contribution in [2.24, 2.45) is 0 Å². The van der Waals surface area contributed by atoms with E-state index in [1.54, 1.807) is 0 Å². The molecular weight excluding hydrogens is 497 g/mol. The van der Waals surface area contributed by atoms with E-state index in [1.807, 2.05) is 24.4 Å². The number of nitrogens with one attached hydrogen (secondary N) is 1. The first kappa shape index (κ1) is 25.9. The van der Waals surface area contributed by atoms with Gasteiger partial charge in [-0.1, -0.05) is 49.4 Å². The highest BCUT2D eigenvalue weighted by Gasteiger charge is 2.26. The molecule has 4 aromatic rings. The molecule has 0 radical (unpaired) electrons. The lowest BCUT2D eigenvalue weighted by Crippen LogP contribution is -2.28. The number of rotatable bonds is 7. The molecule has 0 bridgehead atoms. The average Bonchev–Trinajstić information content (AvgIpc) is 3.34. The second-order valence-electron chi connectivity index (χ2n) is 10.2. The van der Waals surface area contributed by atoms with Crippen LogP contribution in [0.2, 0.25) is 30.7 Å². The normalized spacial score (nSPS) is 13.6. The van der Waals surface area contributed by atoms with Gasteiger partial charge in [-0.05, 0) is 36.2 Å². The number of halogens is 2. The van der Waals surface area contributed by atoms with Crippen LogP contribution in [0, 0.1) is 6.92 Å². The summed E-state index contributed by atoms with van der Waals surface area (Å²) in [6.07, 6.45) is 4.05. The number of fused-ring (bicyclic) bond motifs is 2. The Hall–Kier alpha value is -2.16. The van der Waals surface area contributed by atoms with Gasteiger partial charge in [-0.15, -0.1) is 12.4 Å². The molecular formula is C26H33Cl2N5OSi. The van der Waals surface area contributed by atoms with Crippen LogP contribution in [0.25, 0.3) is 33.4 Å². The first-order chi connectivity index (χ1) is 16.3. The maximum atomic E-state index is 6.64. The molecule has 1 aromatic carbocycles. The second-order valence-corrected chi connectivity index (χ2v) is 16.3. The largest absolute Gasteiger partial charge is 0.361 e. The molecule has 1 N–H and O–H groups in total. The van der Waals surface area contributed by atoms with Gasteiger partial charge in [-0.25, -0.2) is 4.98 Å². The summed E-state index contributed by atoms with van der Waals surface area (Å²) in [6, 6.07) is 11.2. The van der Waals surface area contributed by atoms with Gasteiger partial charge >= 0.3 is 0 Å².